The van der Waals surface area contributed by atoms with Gasteiger partial charge in [-0.15, -0.1) is 0 Å². The van der Waals surface area contributed by atoms with Crippen LogP contribution in [0.25, 0.3) is 0 Å². The Balaban J connectivity index is 2.64. The van der Waals surface area contributed by atoms with E-state index in [9.17, 15) is 9.90 Å². The quantitative estimate of drug-likeness (QED) is 0.758. The van der Waals surface area contributed by atoms with Gasteiger partial charge in [0.1, 0.15) is 11.8 Å². The topological polar surface area (TPSA) is 58.6 Å². The van der Waals surface area contributed by atoms with E-state index in [1.165, 1.54) is 0 Å². The number of hydrogen-bond donors (Lipinski definition) is 2. The largest absolute Gasteiger partial charge is 0.497 e. The zero-order valence-electron chi connectivity index (χ0n) is 11.8. The van der Waals surface area contributed by atoms with E-state index in [0.717, 1.165) is 24.2 Å². The van der Waals surface area contributed by atoms with Gasteiger partial charge in [-0.1, -0.05) is 31.9 Å². The van der Waals surface area contributed by atoms with Crippen LogP contribution in [0.5, 0.6) is 5.75 Å². The minimum Gasteiger partial charge on any atom is -0.497 e. The van der Waals surface area contributed by atoms with Crippen LogP contribution in [0.3, 0.4) is 0 Å². The van der Waals surface area contributed by atoms with Crippen molar-refractivity contribution in [3.8, 4) is 5.75 Å². The van der Waals surface area contributed by atoms with Gasteiger partial charge >= 0.3 is 5.97 Å². The highest BCUT2D eigenvalue weighted by molar-refractivity contribution is 5.73. The van der Waals surface area contributed by atoms with Gasteiger partial charge in [-0.3, -0.25) is 10.1 Å². The Kier molecular flexibility index (Phi) is 6.36. The molecule has 1 aromatic rings. The van der Waals surface area contributed by atoms with Gasteiger partial charge in [-0.25, -0.2) is 0 Å². The molecule has 1 rings (SSSR count). The SMILES string of the molecule is CCCCC(NC(C)c1ccc(OC)cc1)C(=O)O. The monoisotopic (exact) mass is 265 g/mol. The van der Waals surface area contributed by atoms with Crippen molar-refractivity contribution in [1.82, 2.24) is 5.32 Å². The molecule has 0 heterocycles. The molecule has 0 saturated heterocycles. The van der Waals surface area contributed by atoms with Gasteiger partial charge in [0.05, 0.1) is 7.11 Å². The Labute approximate surface area is 114 Å². The van der Waals surface area contributed by atoms with Crippen LogP contribution in [-0.4, -0.2) is 24.2 Å². The van der Waals surface area contributed by atoms with Crippen LogP contribution in [0.2, 0.25) is 0 Å². The molecule has 106 valence electrons. The molecule has 0 radical (unpaired) electrons. The highest BCUT2D eigenvalue weighted by Crippen LogP contribution is 2.18. The van der Waals surface area contributed by atoms with Gasteiger partial charge in [-0.2, -0.15) is 0 Å². The predicted molar refractivity (Wildman–Crippen MR) is 75.5 cm³/mol. The highest BCUT2D eigenvalue weighted by Gasteiger charge is 2.19. The molecule has 0 fully saturated rings. The van der Waals surface area contributed by atoms with Crippen molar-refractivity contribution in [2.75, 3.05) is 7.11 Å². The third-order valence-corrected chi connectivity index (χ3v) is 3.21. The van der Waals surface area contributed by atoms with Gasteiger partial charge < -0.3 is 9.84 Å². The fraction of sp³-hybridized carbons (Fsp3) is 0.533. The number of carboxylic acid groups (broad SMARTS) is 1. The van der Waals surface area contributed by atoms with E-state index >= 15 is 0 Å². The number of unbranched alkanes of at least 4 members (excludes halogenated alkanes) is 1. The minimum absolute atomic E-state index is 0.00358. The lowest BCUT2D eigenvalue weighted by Gasteiger charge is -2.20. The fourth-order valence-corrected chi connectivity index (χ4v) is 1.98. The zero-order valence-corrected chi connectivity index (χ0v) is 11.8. The smallest absolute Gasteiger partial charge is 0.320 e. The lowest BCUT2D eigenvalue weighted by atomic mass is 10.0. The summed E-state index contributed by atoms with van der Waals surface area (Å²) in [4.78, 5) is 11.2. The number of carbonyl (C=O) groups is 1. The van der Waals surface area contributed by atoms with Crippen molar-refractivity contribution in [3.63, 3.8) is 0 Å². The first-order valence-electron chi connectivity index (χ1n) is 6.71. The van der Waals surface area contributed by atoms with Gasteiger partial charge in [0.15, 0.2) is 0 Å². The predicted octanol–water partition coefficient (Wildman–Crippen LogP) is 2.99. The van der Waals surface area contributed by atoms with E-state index in [2.05, 4.69) is 12.2 Å². The van der Waals surface area contributed by atoms with Crippen LogP contribution in [0.15, 0.2) is 24.3 Å². The molecule has 4 nitrogen and oxygen atoms in total. The summed E-state index contributed by atoms with van der Waals surface area (Å²) in [6.07, 6.45) is 2.58. The van der Waals surface area contributed by atoms with Crippen molar-refractivity contribution in [2.24, 2.45) is 0 Å². The summed E-state index contributed by atoms with van der Waals surface area (Å²) in [5, 5.41) is 12.4. The maximum absolute atomic E-state index is 11.2. The fourth-order valence-electron chi connectivity index (χ4n) is 1.98. The second-order valence-corrected chi connectivity index (χ2v) is 4.69. The average Bonchev–Trinajstić information content (AvgIpc) is 2.43. The number of rotatable bonds is 8. The Hall–Kier alpha value is -1.55. The first-order chi connectivity index (χ1) is 9.08. The number of ether oxygens (including phenoxy) is 1. The second kappa shape index (κ2) is 7.79. The number of methoxy groups -OCH3 is 1. The van der Waals surface area contributed by atoms with Gasteiger partial charge in [0, 0.05) is 6.04 Å². The molecule has 2 unspecified atom stereocenters. The summed E-state index contributed by atoms with van der Waals surface area (Å²) < 4.78 is 5.11. The number of carboxylic acids is 1. The van der Waals surface area contributed by atoms with Crippen LogP contribution >= 0.6 is 0 Å². The third kappa shape index (κ3) is 4.91. The molecule has 0 bridgehead atoms. The summed E-state index contributed by atoms with van der Waals surface area (Å²) in [5.41, 5.74) is 1.06. The molecular weight excluding hydrogens is 242 g/mol. The standard InChI is InChI=1S/C15H23NO3/c1-4-5-6-14(15(17)18)16-11(2)12-7-9-13(19-3)10-8-12/h7-11,14,16H,4-6H2,1-3H3,(H,17,18). The maximum Gasteiger partial charge on any atom is 0.320 e. The molecule has 19 heavy (non-hydrogen) atoms. The Morgan fingerprint density at radius 2 is 2.00 bits per heavy atom. The van der Waals surface area contributed by atoms with Gasteiger partial charge in [0.2, 0.25) is 0 Å². The molecule has 0 amide bonds. The lowest BCUT2D eigenvalue weighted by Crippen LogP contribution is -2.38. The van der Waals surface area contributed by atoms with E-state index in [1.807, 2.05) is 31.2 Å². The van der Waals surface area contributed by atoms with Crippen LogP contribution < -0.4 is 10.1 Å². The second-order valence-electron chi connectivity index (χ2n) is 4.69. The summed E-state index contributed by atoms with van der Waals surface area (Å²) in [6.45, 7) is 4.04. The summed E-state index contributed by atoms with van der Waals surface area (Å²) in [7, 11) is 1.63. The Morgan fingerprint density at radius 3 is 2.47 bits per heavy atom. The minimum atomic E-state index is -0.784. The number of hydrogen-bond acceptors (Lipinski definition) is 3. The van der Waals surface area contributed by atoms with E-state index in [4.69, 9.17) is 4.74 Å². The normalized spacial score (nSPS) is 13.8. The van der Waals surface area contributed by atoms with Crippen molar-refractivity contribution < 1.29 is 14.6 Å². The van der Waals surface area contributed by atoms with Gasteiger partial charge in [-0.05, 0) is 31.0 Å². The van der Waals surface area contributed by atoms with Crippen LogP contribution in [0.4, 0.5) is 0 Å². The van der Waals surface area contributed by atoms with E-state index in [-0.39, 0.29) is 6.04 Å². The van der Waals surface area contributed by atoms with Crippen LogP contribution in [0, 0.1) is 0 Å². The number of nitrogens with one attached hydrogen (secondary N) is 1. The summed E-state index contributed by atoms with van der Waals surface area (Å²) >= 11 is 0. The molecule has 2 atom stereocenters. The molecule has 0 aliphatic rings. The molecule has 0 saturated carbocycles. The molecule has 1 aromatic carbocycles. The highest BCUT2D eigenvalue weighted by atomic mass is 16.5. The molecular formula is C15H23NO3. The first kappa shape index (κ1) is 15.5. The molecule has 0 aromatic heterocycles. The molecule has 0 aliphatic heterocycles. The lowest BCUT2D eigenvalue weighted by molar-refractivity contribution is -0.139. The van der Waals surface area contributed by atoms with E-state index in [1.54, 1.807) is 7.11 Å². The molecule has 4 heteroatoms. The summed E-state index contributed by atoms with van der Waals surface area (Å²) in [5.74, 6) is 0.0190. The van der Waals surface area contributed by atoms with Crippen LogP contribution in [-0.2, 0) is 4.79 Å². The molecule has 2 N–H and O–H groups in total. The first-order valence-corrected chi connectivity index (χ1v) is 6.71. The average molecular weight is 265 g/mol. The van der Waals surface area contributed by atoms with Crippen molar-refractivity contribution in [2.45, 2.75) is 45.2 Å². The van der Waals surface area contributed by atoms with Crippen molar-refractivity contribution >= 4 is 5.97 Å². The van der Waals surface area contributed by atoms with E-state index in [0.29, 0.717) is 6.42 Å². The van der Waals surface area contributed by atoms with Crippen molar-refractivity contribution in [3.05, 3.63) is 29.8 Å². The van der Waals surface area contributed by atoms with E-state index < -0.39 is 12.0 Å². The zero-order chi connectivity index (χ0) is 14.3. The maximum atomic E-state index is 11.2. The molecule has 0 aliphatic carbocycles. The summed E-state index contributed by atoms with van der Waals surface area (Å²) in [6, 6.07) is 7.19. The van der Waals surface area contributed by atoms with Crippen LogP contribution in [0.1, 0.15) is 44.7 Å². The Morgan fingerprint density at radius 1 is 1.37 bits per heavy atom. The van der Waals surface area contributed by atoms with Crippen molar-refractivity contribution in [1.29, 1.82) is 0 Å². The number of aliphatic carboxylic acids is 1. The third-order valence-electron chi connectivity index (χ3n) is 3.21. The number of benzene rings is 1. The van der Waals surface area contributed by atoms with Gasteiger partial charge in [0.25, 0.3) is 0 Å². The molecule has 0 spiro atoms. The Bertz CT molecular complexity index is 389.